The van der Waals surface area contributed by atoms with Crippen molar-refractivity contribution in [2.75, 3.05) is 7.11 Å². The standard InChI is InChI=1S/C9H8ClF2NO3/c1-16-8-3(7(13)9(14)15)2-4(10)5(11)6(8)12/h2,7H,13H2,1H3,(H,14,15). The van der Waals surface area contributed by atoms with Gasteiger partial charge in [0, 0.05) is 5.56 Å². The van der Waals surface area contributed by atoms with Crippen LogP contribution < -0.4 is 10.5 Å². The summed E-state index contributed by atoms with van der Waals surface area (Å²) in [5, 5.41) is 8.12. The Morgan fingerprint density at radius 2 is 2.12 bits per heavy atom. The van der Waals surface area contributed by atoms with E-state index in [1.54, 1.807) is 0 Å². The molecule has 1 unspecified atom stereocenters. The molecule has 0 fully saturated rings. The lowest BCUT2D eigenvalue weighted by Gasteiger charge is -2.13. The molecule has 0 aliphatic heterocycles. The van der Waals surface area contributed by atoms with E-state index in [1.165, 1.54) is 0 Å². The predicted molar refractivity (Wildman–Crippen MR) is 52.5 cm³/mol. The average Bonchev–Trinajstić information content (AvgIpc) is 2.24. The lowest BCUT2D eigenvalue weighted by atomic mass is 10.1. The Hall–Kier alpha value is -1.40. The third-order valence-electron chi connectivity index (χ3n) is 1.95. The molecule has 0 heterocycles. The van der Waals surface area contributed by atoms with Crippen LogP contribution in [0.25, 0.3) is 0 Å². The van der Waals surface area contributed by atoms with E-state index in [4.69, 9.17) is 22.4 Å². The van der Waals surface area contributed by atoms with Gasteiger partial charge in [-0.1, -0.05) is 11.6 Å². The topological polar surface area (TPSA) is 72.5 Å². The van der Waals surface area contributed by atoms with Gasteiger partial charge in [-0.3, -0.25) is 4.79 Å². The Bertz CT molecular complexity index is 439. The second-order valence-corrected chi connectivity index (χ2v) is 3.33. The maximum atomic E-state index is 13.3. The molecule has 0 spiro atoms. The summed E-state index contributed by atoms with van der Waals surface area (Å²) in [6.45, 7) is 0. The molecule has 88 valence electrons. The third kappa shape index (κ3) is 2.07. The molecule has 16 heavy (non-hydrogen) atoms. The molecule has 0 radical (unpaired) electrons. The van der Waals surface area contributed by atoms with Crippen LogP contribution in [0.15, 0.2) is 6.07 Å². The first-order chi connectivity index (χ1) is 7.40. The predicted octanol–water partition coefficient (Wildman–Crippen LogP) is 1.71. The van der Waals surface area contributed by atoms with E-state index in [9.17, 15) is 13.6 Å². The van der Waals surface area contributed by atoms with Gasteiger partial charge in [0.25, 0.3) is 0 Å². The van der Waals surface area contributed by atoms with Crippen LogP contribution in [-0.2, 0) is 4.79 Å². The maximum absolute atomic E-state index is 13.3. The zero-order chi connectivity index (χ0) is 12.5. The monoisotopic (exact) mass is 251 g/mol. The van der Waals surface area contributed by atoms with Crippen LogP contribution >= 0.6 is 11.6 Å². The van der Waals surface area contributed by atoms with Crippen LogP contribution in [0.3, 0.4) is 0 Å². The highest BCUT2D eigenvalue weighted by Crippen LogP contribution is 2.33. The van der Waals surface area contributed by atoms with Crippen molar-refractivity contribution in [3.05, 3.63) is 28.3 Å². The number of rotatable bonds is 3. The summed E-state index contributed by atoms with van der Waals surface area (Å²) in [5.74, 6) is -4.63. The number of hydrogen-bond donors (Lipinski definition) is 2. The number of benzene rings is 1. The van der Waals surface area contributed by atoms with Crippen molar-refractivity contribution in [3.8, 4) is 5.75 Å². The van der Waals surface area contributed by atoms with Crippen LogP contribution in [0.1, 0.15) is 11.6 Å². The van der Waals surface area contributed by atoms with Crippen LogP contribution in [0.2, 0.25) is 5.02 Å². The largest absolute Gasteiger partial charge is 0.493 e. The van der Waals surface area contributed by atoms with E-state index in [-0.39, 0.29) is 5.56 Å². The number of methoxy groups -OCH3 is 1. The van der Waals surface area contributed by atoms with Crippen molar-refractivity contribution >= 4 is 17.6 Å². The summed E-state index contributed by atoms with van der Waals surface area (Å²) in [7, 11) is 1.07. The lowest BCUT2D eigenvalue weighted by molar-refractivity contribution is -0.138. The number of hydrogen-bond acceptors (Lipinski definition) is 3. The quantitative estimate of drug-likeness (QED) is 0.802. The van der Waals surface area contributed by atoms with E-state index in [2.05, 4.69) is 4.74 Å². The van der Waals surface area contributed by atoms with Crippen LogP contribution in [0, 0.1) is 11.6 Å². The van der Waals surface area contributed by atoms with Gasteiger partial charge in [-0.2, -0.15) is 4.39 Å². The SMILES string of the molecule is COc1c(C(N)C(=O)O)cc(Cl)c(F)c1F. The van der Waals surface area contributed by atoms with Gasteiger partial charge >= 0.3 is 5.97 Å². The zero-order valence-corrected chi connectivity index (χ0v) is 8.89. The molecule has 4 nitrogen and oxygen atoms in total. The fourth-order valence-electron chi connectivity index (χ4n) is 1.17. The maximum Gasteiger partial charge on any atom is 0.325 e. The molecule has 1 atom stereocenters. The van der Waals surface area contributed by atoms with Gasteiger partial charge in [0.2, 0.25) is 5.82 Å². The third-order valence-corrected chi connectivity index (χ3v) is 2.23. The molecule has 0 saturated carbocycles. The Balaban J connectivity index is 3.44. The molecule has 1 rings (SSSR count). The van der Waals surface area contributed by atoms with Crippen molar-refractivity contribution in [2.45, 2.75) is 6.04 Å². The fourth-order valence-corrected chi connectivity index (χ4v) is 1.37. The van der Waals surface area contributed by atoms with Gasteiger partial charge in [-0.05, 0) is 6.07 Å². The van der Waals surface area contributed by atoms with E-state index >= 15 is 0 Å². The number of halogens is 3. The second-order valence-electron chi connectivity index (χ2n) is 2.92. The first-order valence-corrected chi connectivity index (χ1v) is 4.47. The van der Waals surface area contributed by atoms with E-state index < -0.39 is 34.4 Å². The number of nitrogens with two attached hydrogens (primary N) is 1. The molecule has 0 aliphatic carbocycles. The van der Waals surface area contributed by atoms with Crippen LogP contribution in [-0.4, -0.2) is 18.2 Å². The van der Waals surface area contributed by atoms with E-state index in [1.807, 2.05) is 0 Å². The Morgan fingerprint density at radius 3 is 2.56 bits per heavy atom. The number of carboxylic acids is 1. The number of ether oxygens (including phenoxy) is 1. The number of aliphatic carboxylic acids is 1. The molecule has 7 heteroatoms. The van der Waals surface area contributed by atoms with Crippen molar-refractivity contribution < 1.29 is 23.4 Å². The van der Waals surface area contributed by atoms with Gasteiger partial charge in [-0.15, -0.1) is 0 Å². The molecule has 0 saturated heterocycles. The summed E-state index contributed by atoms with van der Waals surface area (Å²) in [5.41, 5.74) is 5.05. The molecule has 0 bridgehead atoms. The normalized spacial score (nSPS) is 12.3. The molecule has 0 aliphatic rings. The Morgan fingerprint density at radius 1 is 1.56 bits per heavy atom. The van der Waals surface area contributed by atoms with Gasteiger partial charge in [-0.25, -0.2) is 4.39 Å². The Kier molecular flexibility index (Phi) is 3.66. The highest BCUT2D eigenvalue weighted by molar-refractivity contribution is 6.30. The highest BCUT2D eigenvalue weighted by atomic mass is 35.5. The van der Waals surface area contributed by atoms with Crippen molar-refractivity contribution in [1.29, 1.82) is 0 Å². The first kappa shape index (κ1) is 12.7. The second kappa shape index (κ2) is 4.63. The fraction of sp³-hybridized carbons (Fsp3) is 0.222. The van der Waals surface area contributed by atoms with E-state index in [0.29, 0.717) is 0 Å². The minimum Gasteiger partial charge on any atom is -0.493 e. The Labute approximate surface area is 94.6 Å². The van der Waals surface area contributed by atoms with Crippen molar-refractivity contribution in [3.63, 3.8) is 0 Å². The molecule has 0 amide bonds. The van der Waals surface area contributed by atoms with Crippen LogP contribution in [0.5, 0.6) is 5.75 Å². The summed E-state index contributed by atoms with van der Waals surface area (Å²) in [4.78, 5) is 10.6. The first-order valence-electron chi connectivity index (χ1n) is 4.10. The average molecular weight is 252 g/mol. The molecule has 1 aromatic carbocycles. The minimum absolute atomic E-state index is 0.223. The van der Waals surface area contributed by atoms with Gasteiger partial charge < -0.3 is 15.6 Å². The highest BCUT2D eigenvalue weighted by Gasteiger charge is 2.25. The molecular formula is C9H8ClF2NO3. The van der Waals surface area contributed by atoms with Crippen LogP contribution in [0.4, 0.5) is 8.78 Å². The van der Waals surface area contributed by atoms with Gasteiger partial charge in [0.1, 0.15) is 6.04 Å². The molecule has 0 aromatic heterocycles. The van der Waals surface area contributed by atoms with Gasteiger partial charge in [0.05, 0.1) is 12.1 Å². The minimum atomic E-state index is -1.54. The summed E-state index contributed by atoms with van der Waals surface area (Å²) in [6, 6.07) is -0.611. The number of carbonyl (C=O) groups is 1. The van der Waals surface area contributed by atoms with E-state index in [0.717, 1.165) is 13.2 Å². The van der Waals surface area contributed by atoms with Crippen molar-refractivity contribution in [1.82, 2.24) is 0 Å². The summed E-state index contributed by atoms with van der Waals surface area (Å²) in [6.07, 6.45) is 0. The molecular weight excluding hydrogens is 244 g/mol. The summed E-state index contributed by atoms with van der Waals surface area (Å²) < 4.78 is 30.9. The van der Waals surface area contributed by atoms with Gasteiger partial charge in [0.15, 0.2) is 11.6 Å². The molecule has 1 aromatic rings. The lowest BCUT2D eigenvalue weighted by Crippen LogP contribution is -2.22. The smallest absolute Gasteiger partial charge is 0.325 e. The summed E-state index contributed by atoms with van der Waals surface area (Å²) >= 11 is 5.38. The number of carboxylic acid groups (broad SMARTS) is 1. The zero-order valence-electron chi connectivity index (χ0n) is 8.13. The van der Waals surface area contributed by atoms with Crippen molar-refractivity contribution in [2.24, 2.45) is 5.73 Å². The molecule has 3 N–H and O–H groups in total.